The van der Waals surface area contributed by atoms with Crippen molar-refractivity contribution in [2.24, 2.45) is 0 Å². The minimum absolute atomic E-state index is 0.126. The van der Waals surface area contributed by atoms with Crippen LogP contribution in [0.2, 0.25) is 0 Å². The lowest BCUT2D eigenvalue weighted by atomic mass is 10.2. The van der Waals surface area contributed by atoms with Crippen molar-refractivity contribution in [2.45, 2.75) is 50.7 Å². The molecule has 1 aliphatic carbocycles. The number of rotatable bonds is 3. The molecule has 86 valence electrons. The van der Waals surface area contributed by atoms with Crippen molar-refractivity contribution >= 4 is 5.97 Å². The topological polar surface area (TPSA) is 52.6 Å². The summed E-state index contributed by atoms with van der Waals surface area (Å²) in [5.74, 6) is -0.697. The van der Waals surface area contributed by atoms with Crippen LogP contribution < -0.4 is 5.32 Å². The highest BCUT2D eigenvalue weighted by molar-refractivity contribution is 5.67. The molecule has 0 radical (unpaired) electrons. The Morgan fingerprint density at radius 2 is 2.20 bits per heavy atom. The molecule has 1 heterocycles. The normalized spacial score (nSPS) is 33.7. The second-order valence-corrected chi connectivity index (χ2v) is 4.88. The highest BCUT2D eigenvalue weighted by atomic mass is 16.4. The zero-order valence-electron chi connectivity index (χ0n) is 9.28. The fraction of sp³-hybridized carbons (Fsp3) is 0.909. The standard InChI is InChI=1S/C11H20N2O2/c1-8-4-5-13(10-2-3-10)7-9(12-8)6-11(14)15/h8-10,12H,2-7H2,1H3,(H,14,15). The molecule has 2 rings (SSSR count). The van der Waals surface area contributed by atoms with Crippen molar-refractivity contribution in [1.82, 2.24) is 10.2 Å². The van der Waals surface area contributed by atoms with Gasteiger partial charge in [0.25, 0.3) is 0 Å². The van der Waals surface area contributed by atoms with Crippen LogP contribution in [0.4, 0.5) is 0 Å². The molecule has 1 saturated heterocycles. The lowest BCUT2D eigenvalue weighted by Gasteiger charge is -2.23. The zero-order valence-corrected chi connectivity index (χ0v) is 9.28. The van der Waals surface area contributed by atoms with Crippen molar-refractivity contribution in [3.05, 3.63) is 0 Å². The quantitative estimate of drug-likeness (QED) is 0.722. The van der Waals surface area contributed by atoms with Gasteiger partial charge in [-0.1, -0.05) is 0 Å². The molecule has 0 aromatic rings. The summed E-state index contributed by atoms with van der Waals surface area (Å²) in [6.45, 7) is 4.17. The van der Waals surface area contributed by atoms with Gasteiger partial charge in [-0.2, -0.15) is 0 Å². The van der Waals surface area contributed by atoms with E-state index in [1.165, 1.54) is 12.8 Å². The lowest BCUT2D eigenvalue weighted by Crippen LogP contribution is -2.42. The Labute approximate surface area is 90.6 Å². The monoisotopic (exact) mass is 212 g/mol. The molecule has 0 aromatic heterocycles. The summed E-state index contributed by atoms with van der Waals surface area (Å²) in [6, 6.07) is 1.31. The number of aliphatic carboxylic acids is 1. The van der Waals surface area contributed by atoms with Crippen LogP contribution in [0.5, 0.6) is 0 Å². The molecular weight excluding hydrogens is 192 g/mol. The summed E-state index contributed by atoms with van der Waals surface area (Å²) in [6.07, 6.45) is 3.97. The molecule has 1 aliphatic heterocycles. The number of nitrogens with one attached hydrogen (secondary N) is 1. The molecule has 4 nitrogen and oxygen atoms in total. The summed E-state index contributed by atoms with van der Waals surface area (Å²) < 4.78 is 0. The van der Waals surface area contributed by atoms with Gasteiger partial charge in [0.2, 0.25) is 0 Å². The predicted octanol–water partition coefficient (Wildman–Crippen LogP) is 0.676. The van der Waals surface area contributed by atoms with Crippen molar-refractivity contribution in [1.29, 1.82) is 0 Å². The Balaban J connectivity index is 1.92. The molecule has 0 spiro atoms. The SMILES string of the molecule is CC1CCN(C2CC2)CC(CC(=O)O)N1. The molecule has 2 aliphatic rings. The van der Waals surface area contributed by atoms with Gasteiger partial charge in [-0.15, -0.1) is 0 Å². The van der Waals surface area contributed by atoms with E-state index in [0.29, 0.717) is 6.04 Å². The van der Waals surface area contributed by atoms with Gasteiger partial charge in [0.1, 0.15) is 0 Å². The number of carboxylic acids is 1. The first-order chi connectivity index (χ1) is 7.15. The third kappa shape index (κ3) is 3.18. The van der Waals surface area contributed by atoms with E-state index in [1.54, 1.807) is 0 Å². The van der Waals surface area contributed by atoms with Gasteiger partial charge < -0.3 is 10.4 Å². The Morgan fingerprint density at radius 1 is 1.47 bits per heavy atom. The average molecular weight is 212 g/mol. The molecule has 2 fully saturated rings. The van der Waals surface area contributed by atoms with E-state index in [9.17, 15) is 4.79 Å². The van der Waals surface area contributed by atoms with Gasteiger partial charge in [0.15, 0.2) is 0 Å². The van der Waals surface area contributed by atoms with Crippen molar-refractivity contribution in [3.8, 4) is 0 Å². The second kappa shape index (κ2) is 4.49. The van der Waals surface area contributed by atoms with E-state index in [0.717, 1.165) is 25.6 Å². The predicted molar refractivity (Wildman–Crippen MR) is 57.9 cm³/mol. The van der Waals surface area contributed by atoms with E-state index in [-0.39, 0.29) is 12.5 Å². The number of nitrogens with zero attached hydrogens (tertiary/aromatic N) is 1. The third-order valence-corrected chi connectivity index (χ3v) is 3.31. The summed E-state index contributed by atoms with van der Waals surface area (Å²) in [4.78, 5) is 13.2. The van der Waals surface area contributed by atoms with Crippen molar-refractivity contribution < 1.29 is 9.90 Å². The van der Waals surface area contributed by atoms with E-state index >= 15 is 0 Å². The van der Waals surface area contributed by atoms with Crippen LogP contribution in [0, 0.1) is 0 Å². The summed E-state index contributed by atoms with van der Waals surface area (Å²) in [7, 11) is 0. The number of carboxylic acid groups (broad SMARTS) is 1. The van der Waals surface area contributed by atoms with E-state index in [2.05, 4.69) is 17.1 Å². The van der Waals surface area contributed by atoms with Crippen LogP contribution in [0.1, 0.15) is 32.6 Å². The lowest BCUT2D eigenvalue weighted by molar-refractivity contribution is -0.137. The molecule has 0 aromatic carbocycles. The van der Waals surface area contributed by atoms with Gasteiger partial charge in [-0.3, -0.25) is 9.69 Å². The Hall–Kier alpha value is -0.610. The number of carbonyl (C=O) groups is 1. The molecule has 15 heavy (non-hydrogen) atoms. The van der Waals surface area contributed by atoms with Crippen LogP contribution in [-0.4, -0.2) is 47.2 Å². The Bertz CT molecular complexity index is 241. The maximum Gasteiger partial charge on any atom is 0.304 e. The molecule has 2 atom stereocenters. The maximum atomic E-state index is 10.7. The fourth-order valence-corrected chi connectivity index (χ4v) is 2.38. The molecule has 2 unspecified atom stereocenters. The average Bonchev–Trinajstić information content (AvgIpc) is 2.91. The van der Waals surface area contributed by atoms with E-state index in [1.807, 2.05) is 0 Å². The largest absolute Gasteiger partial charge is 0.481 e. The highest BCUT2D eigenvalue weighted by Gasteiger charge is 2.33. The van der Waals surface area contributed by atoms with Crippen LogP contribution in [-0.2, 0) is 4.79 Å². The second-order valence-electron chi connectivity index (χ2n) is 4.88. The Morgan fingerprint density at radius 3 is 2.80 bits per heavy atom. The molecule has 4 heteroatoms. The summed E-state index contributed by atoms with van der Waals surface area (Å²) >= 11 is 0. The van der Waals surface area contributed by atoms with Gasteiger partial charge >= 0.3 is 5.97 Å². The molecule has 2 N–H and O–H groups in total. The van der Waals surface area contributed by atoms with Crippen LogP contribution in [0.25, 0.3) is 0 Å². The summed E-state index contributed by atoms with van der Waals surface area (Å²) in [5, 5.41) is 12.2. The zero-order chi connectivity index (χ0) is 10.8. The first kappa shape index (κ1) is 10.9. The van der Waals surface area contributed by atoms with Crippen LogP contribution in [0.3, 0.4) is 0 Å². The van der Waals surface area contributed by atoms with Crippen molar-refractivity contribution in [3.63, 3.8) is 0 Å². The van der Waals surface area contributed by atoms with Gasteiger partial charge in [-0.05, 0) is 32.7 Å². The minimum atomic E-state index is -0.697. The highest BCUT2D eigenvalue weighted by Crippen LogP contribution is 2.28. The molecule has 1 saturated carbocycles. The van der Waals surface area contributed by atoms with E-state index < -0.39 is 5.97 Å². The number of hydrogen-bond acceptors (Lipinski definition) is 3. The molecule has 0 amide bonds. The fourth-order valence-electron chi connectivity index (χ4n) is 2.38. The van der Waals surface area contributed by atoms with Gasteiger partial charge in [0.05, 0.1) is 6.42 Å². The smallest absolute Gasteiger partial charge is 0.304 e. The third-order valence-electron chi connectivity index (χ3n) is 3.31. The van der Waals surface area contributed by atoms with Crippen LogP contribution >= 0.6 is 0 Å². The van der Waals surface area contributed by atoms with Gasteiger partial charge in [-0.25, -0.2) is 0 Å². The minimum Gasteiger partial charge on any atom is -0.481 e. The first-order valence-corrected chi connectivity index (χ1v) is 5.87. The Kier molecular flexibility index (Phi) is 3.26. The number of hydrogen-bond donors (Lipinski definition) is 2. The first-order valence-electron chi connectivity index (χ1n) is 5.87. The maximum absolute atomic E-state index is 10.7. The molecular formula is C11H20N2O2. The van der Waals surface area contributed by atoms with Crippen LogP contribution in [0.15, 0.2) is 0 Å². The van der Waals surface area contributed by atoms with E-state index in [4.69, 9.17) is 5.11 Å². The molecule has 0 bridgehead atoms. The van der Waals surface area contributed by atoms with Crippen molar-refractivity contribution in [2.75, 3.05) is 13.1 Å². The van der Waals surface area contributed by atoms with Gasteiger partial charge in [0, 0.05) is 24.7 Å². The summed E-state index contributed by atoms with van der Waals surface area (Å²) in [5.41, 5.74) is 0.